The van der Waals surface area contributed by atoms with E-state index in [9.17, 15) is 75.3 Å². The highest BCUT2D eigenvalue weighted by atomic mass is 79.9. The Morgan fingerprint density at radius 3 is 1.21 bits per heavy atom. The number of Topliss-reactive ketones (excluding diaryl/α,β-unsaturated/α-hetero) is 1. The number of aliphatic carboxylic acids is 4. The number of benzene rings is 4. The lowest BCUT2D eigenvalue weighted by Crippen LogP contribution is -2.55. The van der Waals surface area contributed by atoms with E-state index in [4.69, 9.17) is 97.9 Å². The number of ketones is 1. The number of aliphatic imine (C=N–C) groups is 4. The Bertz CT molecular complexity index is 6470. The quantitative estimate of drug-likeness (QED) is 0.00601. The van der Waals surface area contributed by atoms with Crippen molar-refractivity contribution in [3.8, 4) is 0 Å². The number of aromatic nitrogens is 4. The van der Waals surface area contributed by atoms with E-state index in [1.54, 1.807) is 78.4 Å². The summed E-state index contributed by atoms with van der Waals surface area (Å²) in [4.78, 5) is 154. The van der Waals surface area contributed by atoms with Crippen molar-refractivity contribution in [1.29, 1.82) is 0 Å². The Kier molecular flexibility index (Phi) is 41.0. The second kappa shape index (κ2) is 53.4. The number of carbonyl (C=O) groups excluding carboxylic acids is 5. The summed E-state index contributed by atoms with van der Waals surface area (Å²) in [6.07, 6.45) is 6.80. The molecule has 37 nitrogen and oxygen atoms in total. The summed E-state index contributed by atoms with van der Waals surface area (Å²) in [7, 11) is 5.04. The number of methoxy groups -OCH3 is 4. The largest absolute Gasteiger partial charge is 0.481 e. The maximum absolute atomic E-state index is 14.5. The van der Waals surface area contributed by atoms with Crippen LogP contribution in [0.2, 0.25) is 15.1 Å². The zero-order valence-electron chi connectivity index (χ0n) is 81.6. The summed E-state index contributed by atoms with van der Waals surface area (Å²) in [5, 5.41) is 58.9. The van der Waals surface area contributed by atoms with Crippen LogP contribution >= 0.6 is 96.1 Å². The number of nitrogens with zero attached hydrogens (tertiary/aromatic N) is 12. The summed E-state index contributed by atoms with van der Waals surface area (Å²) < 4.78 is 115. The van der Waals surface area contributed by atoms with E-state index in [0.717, 1.165) is 6.07 Å². The number of rotatable bonds is 35. The number of carbonyl (C=O) groups is 9. The third-order valence-corrected chi connectivity index (χ3v) is 30.2. The molecule has 4 aromatic heterocycles. The van der Waals surface area contributed by atoms with Gasteiger partial charge in [0.15, 0.2) is 55.0 Å². The standard InChI is InChI=1S/C26H30ClFN4O5S.C25H26ClFN4O6S.C25H28ClFN4O5S.C23H23BrF2N4O5S/c1-14(2)23-18(7-8-19(33)34)32(10-11-37-23)13-17-20(26(35)36-3)22(15-5-4-6-16(28)21(15)27)31-24(30-17)25-29-9-12-38-25;1-36-25(35)20-18(13-31-8-9-37-15(12-31)6-5-14(32)11-19(33)34)29-23(24-28-7-10-38-24)30-22(20)16-3-2-4-17(27)21(16)26;1-25(2,24(33)34)11-14-13-36-9-8-31(14)12-17-18(23(32)35-3)20(15-5-4-6-16(27)19(15)26)30-21(29-17)22-28-7-10-37-22;1-34-23(33)17-15(11-30-7-8-35-12(10-30)2-5-16(31)32)28-21(22-27-6-9-36-22)29-20(17)13-3-4-14(25)19(26)18(13)24/h4-6,9,12,14,18,22-23H,7-8,10-11,13H2,1-3H3,(H,30,31)(H,33,34);2-4,7,10,15,22H,5-6,8-9,11-13H2,1H3,(H,29,30)(H,33,34);4-7,10,14,20H,8-9,11-13H2,1-3H3,(H,29,30)(H,33,34);3-4,6,9,12,20H,2,5,7-8,10-11H2,1H3,(H,28,29)(H,31,32)/t18-,22+,23-;15-,22+;14?,20-;12-,20+/m1101/s1. The zero-order chi connectivity index (χ0) is 107. The lowest BCUT2D eigenvalue weighted by atomic mass is 9.85. The average molecular weight is 2270 g/mol. The second-order valence-corrected chi connectivity index (χ2v) is 41.3. The van der Waals surface area contributed by atoms with Gasteiger partial charge >= 0.3 is 47.8 Å². The SMILES string of the molecule is COC(=O)C1=C(CN2CCOCC2CC(C)(C)C(=O)O)NC(c2nccs2)=N[C@H]1c1cccc(F)c1Cl.COC(=O)C1=C(CN2CCO[C@H](C(C)C)[C@H]2CCC(=O)O)NC(c2nccs2)=N[C@H]1c1cccc(F)c1Cl.COC(=O)C1=C(CN2CCO[C@H](CCC(=O)CC(=O)O)C2)NC(c2nccs2)=N[C@H]1c1cccc(F)c1Cl.COC(=O)C1=C(CN2CCO[C@H](CCC(=O)O)C2)NC(c2nccs2)=N[C@H]1c1ccc(F)c(F)c1Br. The first-order chi connectivity index (χ1) is 71.4. The van der Waals surface area contributed by atoms with Crippen LogP contribution in [-0.2, 0) is 81.0 Å². The van der Waals surface area contributed by atoms with Gasteiger partial charge in [-0.05, 0) is 91.2 Å². The lowest BCUT2D eigenvalue weighted by Gasteiger charge is -2.44. The van der Waals surface area contributed by atoms with Crippen molar-refractivity contribution < 1.29 is 123 Å². The summed E-state index contributed by atoms with van der Waals surface area (Å²) in [5.74, 6) is -8.99. The van der Waals surface area contributed by atoms with Gasteiger partial charge in [0.05, 0.1) is 127 Å². The van der Waals surface area contributed by atoms with E-state index in [2.05, 4.69) is 76.8 Å². The van der Waals surface area contributed by atoms with Crippen LogP contribution < -0.4 is 21.3 Å². The van der Waals surface area contributed by atoms with Crippen LogP contribution in [-0.4, -0.2) is 294 Å². The normalized spacial score (nSPS) is 20.9. The van der Waals surface area contributed by atoms with Crippen LogP contribution in [0.15, 0.2) is 183 Å². The molecule has 796 valence electrons. The number of morpholine rings is 4. The molecule has 0 bridgehead atoms. The smallest absolute Gasteiger partial charge is 0.338 e. The van der Waals surface area contributed by atoms with Gasteiger partial charge in [-0.1, -0.05) is 91.1 Å². The zero-order valence-corrected chi connectivity index (χ0v) is 88.8. The minimum absolute atomic E-state index is 0.0139. The van der Waals surface area contributed by atoms with Crippen molar-refractivity contribution in [1.82, 2.24) is 60.8 Å². The minimum atomic E-state index is -1.16. The number of carboxylic acids is 4. The molecule has 8 aromatic rings. The fraction of sp³-hybridized carbons (Fsp3) is 0.424. The number of halogens is 9. The summed E-state index contributed by atoms with van der Waals surface area (Å²) in [6.45, 7) is 13.6. The first kappa shape index (κ1) is 114. The van der Waals surface area contributed by atoms with Crippen molar-refractivity contribution >= 4 is 173 Å². The van der Waals surface area contributed by atoms with Crippen LogP contribution in [0.3, 0.4) is 0 Å². The third kappa shape index (κ3) is 29.2. The molecule has 0 radical (unpaired) electrons. The fourth-order valence-corrected chi connectivity index (χ4v) is 21.4. The predicted octanol–water partition coefficient (Wildman–Crippen LogP) is 13.9. The van der Waals surface area contributed by atoms with Crippen LogP contribution in [0.1, 0.15) is 146 Å². The van der Waals surface area contributed by atoms with E-state index in [0.29, 0.717) is 181 Å². The van der Waals surface area contributed by atoms with Crippen molar-refractivity contribution in [2.45, 2.75) is 134 Å². The number of ether oxygens (including phenoxy) is 8. The molecule has 12 heterocycles. The first-order valence-corrected chi connectivity index (χ1v) is 52.3. The molecule has 4 aromatic carbocycles. The Morgan fingerprint density at radius 2 is 0.839 bits per heavy atom. The number of hydrogen-bond donors (Lipinski definition) is 8. The van der Waals surface area contributed by atoms with E-state index >= 15 is 0 Å². The Balaban J connectivity index is 0.000000166. The first-order valence-electron chi connectivity index (χ1n) is 46.8. The topological polar surface area (TPSA) is 470 Å². The van der Waals surface area contributed by atoms with E-state index in [1.807, 2.05) is 18.7 Å². The molecule has 16 rings (SSSR count). The molecule has 50 heteroatoms. The Hall–Kier alpha value is -11.7. The molecular weight excluding hydrogens is 2160 g/mol. The second-order valence-electron chi connectivity index (χ2n) is 35.8. The van der Waals surface area contributed by atoms with Gasteiger partial charge in [0.1, 0.15) is 53.8 Å². The molecule has 9 atom stereocenters. The lowest BCUT2D eigenvalue weighted by molar-refractivity contribution is -0.149. The third-order valence-electron chi connectivity index (χ3n) is 25.1. The van der Waals surface area contributed by atoms with Crippen molar-refractivity contribution in [2.75, 3.05) is 127 Å². The van der Waals surface area contributed by atoms with Gasteiger partial charge in [-0.2, -0.15) is 0 Å². The van der Waals surface area contributed by atoms with Gasteiger partial charge in [0, 0.05) is 183 Å². The summed E-state index contributed by atoms with van der Waals surface area (Å²) >= 11 is 27.6. The van der Waals surface area contributed by atoms with Crippen LogP contribution in [0.25, 0.3) is 0 Å². The Morgan fingerprint density at radius 1 is 0.470 bits per heavy atom. The molecule has 0 spiro atoms. The van der Waals surface area contributed by atoms with Gasteiger partial charge in [0.25, 0.3) is 0 Å². The van der Waals surface area contributed by atoms with Gasteiger partial charge < -0.3 is 79.6 Å². The molecule has 4 saturated heterocycles. The molecule has 8 aliphatic heterocycles. The van der Waals surface area contributed by atoms with Crippen LogP contribution in [0.5, 0.6) is 0 Å². The minimum Gasteiger partial charge on any atom is -0.481 e. The highest BCUT2D eigenvalue weighted by Gasteiger charge is 2.45. The molecule has 0 amide bonds. The maximum atomic E-state index is 14.5. The highest BCUT2D eigenvalue weighted by Crippen LogP contribution is 2.45. The van der Waals surface area contributed by atoms with Crippen molar-refractivity contribution in [3.63, 3.8) is 0 Å². The Labute approximate surface area is 891 Å². The molecule has 8 aliphatic rings. The molecule has 0 saturated carbocycles. The number of thiazole rings is 4. The number of carboxylic acid groups (broad SMARTS) is 4. The van der Waals surface area contributed by atoms with E-state index in [1.165, 1.54) is 116 Å². The van der Waals surface area contributed by atoms with Gasteiger partial charge in [-0.3, -0.25) is 63.5 Å². The number of hydrogen-bond acceptors (Lipinski definition) is 37. The molecule has 149 heavy (non-hydrogen) atoms. The van der Waals surface area contributed by atoms with Gasteiger partial charge in [-0.25, -0.2) is 61.1 Å². The van der Waals surface area contributed by atoms with Crippen molar-refractivity contribution in [3.05, 3.63) is 249 Å². The molecule has 8 N–H and O–H groups in total. The molecule has 4 fully saturated rings. The van der Waals surface area contributed by atoms with Gasteiger partial charge in [0.2, 0.25) is 0 Å². The highest BCUT2D eigenvalue weighted by molar-refractivity contribution is 9.10. The molecule has 0 aliphatic carbocycles. The van der Waals surface area contributed by atoms with Gasteiger partial charge in [-0.15, -0.1) is 45.3 Å². The van der Waals surface area contributed by atoms with Crippen LogP contribution in [0.4, 0.5) is 22.0 Å². The number of esters is 4. The van der Waals surface area contributed by atoms with E-state index < -0.39 is 113 Å². The average Bonchev–Trinajstić information content (AvgIpc) is 1.69. The summed E-state index contributed by atoms with van der Waals surface area (Å²) in [6, 6.07) is 11.2. The molecule has 1 unspecified atom stereocenters. The molecular formula is C99H107BrCl3F5N16O21S4. The summed E-state index contributed by atoms with van der Waals surface area (Å²) in [5.41, 5.74) is 2.96. The fourth-order valence-electron chi connectivity index (χ4n) is 17.8. The monoisotopic (exact) mass is 2260 g/mol. The number of amidine groups is 4. The van der Waals surface area contributed by atoms with Crippen molar-refractivity contribution in [2.24, 2.45) is 31.3 Å². The van der Waals surface area contributed by atoms with E-state index in [-0.39, 0.29) is 135 Å². The maximum Gasteiger partial charge on any atom is 0.338 e. The van der Waals surface area contributed by atoms with Crippen LogP contribution in [0, 0.1) is 40.4 Å². The predicted molar refractivity (Wildman–Crippen MR) is 547 cm³/mol. The number of nitrogens with one attached hydrogen (secondary N) is 4.